The standard InChI is InChI=1S/C24H22F3N5/c25-16-2-5-18(19(26)12-16)22(27)15-7-9-32(10-8-15)24-23(29-17-3-4-17)30-21-11-14(13-28)1-6-20(21)31-24/h1-2,5-6,11-12,15,17,22H,3-4,7-10H2,(H,29,30). The van der Waals surface area contributed by atoms with Crippen LogP contribution in [0.1, 0.15) is 43.0 Å². The highest BCUT2D eigenvalue weighted by Crippen LogP contribution is 2.38. The number of hydrogen-bond donors (Lipinski definition) is 1. The van der Waals surface area contributed by atoms with Crippen molar-refractivity contribution in [3.05, 3.63) is 59.2 Å². The average molecular weight is 437 g/mol. The van der Waals surface area contributed by atoms with Crippen LogP contribution in [0.5, 0.6) is 0 Å². The maximum absolute atomic E-state index is 15.0. The van der Waals surface area contributed by atoms with Crippen molar-refractivity contribution in [2.45, 2.75) is 37.9 Å². The van der Waals surface area contributed by atoms with Gasteiger partial charge in [0, 0.05) is 30.8 Å². The summed E-state index contributed by atoms with van der Waals surface area (Å²) in [7, 11) is 0. The smallest absolute Gasteiger partial charge is 0.172 e. The van der Waals surface area contributed by atoms with Gasteiger partial charge < -0.3 is 10.2 Å². The average Bonchev–Trinajstić information content (AvgIpc) is 3.62. The maximum atomic E-state index is 15.0. The Morgan fingerprint density at radius 3 is 2.47 bits per heavy atom. The highest BCUT2D eigenvalue weighted by molar-refractivity contribution is 5.82. The van der Waals surface area contributed by atoms with Gasteiger partial charge in [-0.3, -0.25) is 0 Å². The third kappa shape index (κ3) is 4.07. The number of nitrogens with one attached hydrogen (secondary N) is 1. The lowest BCUT2D eigenvalue weighted by Crippen LogP contribution is -2.36. The van der Waals surface area contributed by atoms with Crippen LogP contribution < -0.4 is 10.2 Å². The summed E-state index contributed by atoms with van der Waals surface area (Å²) in [5.74, 6) is -0.503. The van der Waals surface area contributed by atoms with Gasteiger partial charge in [-0.05, 0) is 55.9 Å². The zero-order chi connectivity index (χ0) is 22.2. The van der Waals surface area contributed by atoms with Crippen molar-refractivity contribution >= 4 is 22.7 Å². The highest BCUT2D eigenvalue weighted by atomic mass is 19.1. The molecule has 0 spiro atoms. The fraction of sp³-hybridized carbons (Fsp3) is 0.375. The predicted molar refractivity (Wildman–Crippen MR) is 116 cm³/mol. The lowest BCUT2D eigenvalue weighted by molar-refractivity contribution is 0.193. The number of piperidine rings is 1. The molecule has 1 atom stereocenters. The summed E-state index contributed by atoms with van der Waals surface area (Å²) >= 11 is 0. The van der Waals surface area contributed by atoms with Crippen LogP contribution in [0.2, 0.25) is 0 Å². The Balaban J connectivity index is 1.37. The van der Waals surface area contributed by atoms with Gasteiger partial charge in [0.2, 0.25) is 0 Å². The molecule has 1 saturated carbocycles. The maximum Gasteiger partial charge on any atom is 0.172 e. The molecule has 0 amide bonds. The highest BCUT2D eigenvalue weighted by Gasteiger charge is 2.32. The molecule has 1 aliphatic heterocycles. The first-order valence-electron chi connectivity index (χ1n) is 10.8. The van der Waals surface area contributed by atoms with Crippen molar-refractivity contribution in [3.63, 3.8) is 0 Å². The SMILES string of the molecule is N#Cc1ccc2nc(N3CCC(C(F)c4ccc(F)cc4F)CC3)c(NC3CC3)nc2c1. The van der Waals surface area contributed by atoms with Gasteiger partial charge >= 0.3 is 0 Å². The van der Waals surface area contributed by atoms with Gasteiger partial charge in [0.1, 0.15) is 17.8 Å². The molecular weight excluding hydrogens is 415 g/mol. The van der Waals surface area contributed by atoms with E-state index >= 15 is 4.39 Å². The molecule has 0 radical (unpaired) electrons. The van der Waals surface area contributed by atoms with E-state index in [4.69, 9.17) is 15.2 Å². The van der Waals surface area contributed by atoms with Crippen LogP contribution in [-0.4, -0.2) is 29.1 Å². The van der Waals surface area contributed by atoms with Gasteiger partial charge in [-0.15, -0.1) is 0 Å². The summed E-state index contributed by atoms with van der Waals surface area (Å²) in [6, 6.07) is 10.7. The largest absolute Gasteiger partial charge is 0.364 e. The Kier molecular flexibility index (Phi) is 5.33. The zero-order valence-electron chi connectivity index (χ0n) is 17.4. The molecule has 3 aromatic rings. The Labute approximate surface area is 183 Å². The van der Waals surface area contributed by atoms with Crippen LogP contribution in [0, 0.1) is 28.9 Å². The van der Waals surface area contributed by atoms with Gasteiger partial charge in [-0.2, -0.15) is 5.26 Å². The lowest BCUT2D eigenvalue weighted by Gasteiger charge is -2.35. The zero-order valence-corrected chi connectivity index (χ0v) is 17.4. The van der Waals surface area contributed by atoms with Crippen molar-refractivity contribution < 1.29 is 13.2 Å². The van der Waals surface area contributed by atoms with E-state index in [0.717, 1.165) is 30.8 Å². The van der Waals surface area contributed by atoms with E-state index in [1.807, 2.05) is 0 Å². The number of hydrogen-bond acceptors (Lipinski definition) is 5. The first-order chi connectivity index (χ1) is 15.5. The number of alkyl halides is 1. The number of anilines is 2. The number of rotatable bonds is 5. The summed E-state index contributed by atoms with van der Waals surface area (Å²) in [5.41, 5.74) is 1.79. The van der Waals surface area contributed by atoms with Crippen molar-refractivity contribution in [2.75, 3.05) is 23.3 Å². The van der Waals surface area contributed by atoms with Gasteiger partial charge in [0.05, 0.1) is 22.7 Å². The van der Waals surface area contributed by atoms with Gasteiger partial charge in [0.15, 0.2) is 11.6 Å². The van der Waals surface area contributed by atoms with E-state index in [9.17, 15) is 8.78 Å². The van der Waals surface area contributed by atoms with Crippen LogP contribution in [0.15, 0.2) is 36.4 Å². The fourth-order valence-electron chi connectivity index (χ4n) is 4.24. The Hall–Kier alpha value is -3.34. The molecule has 2 heterocycles. The summed E-state index contributed by atoms with van der Waals surface area (Å²) in [4.78, 5) is 11.6. The summed E-state index contributed by atoms with van der Waals surface area (Å²) in [5, 5.41) is 12.6. The van der Waals surface area contributed by atoms with Crippen LogP contribution in [-0.2, 0) is 0 Å². The number of benzene rings is 2. The van der Waals surface area contributed by atoms with Crippen LogP contribution >= 0.6 is 0 Å². The van der Waals surface area contributed by atoms with Gasteiger partial charge in [-0.1, -0.05) is 6.07 Å². The Bertz CT molecular complexity index is 1200. The molecule has 5 nitrogen and oxygen atoms in total. The quantitative estimate of drug-likeness (QED) is 0.588. The molecule has 8 heteroatoms. The molecule has 164 valence electrons. The van der Waals surface area contributed by atoms with Crippen molar-refractivity contribution in [3.8, 4) is 6.07 Å². The van der Waals surface area contributed by atoms with Crippen LogP contribution in [0.25, 0.3) is 11.0 Å². The third-order valence-corrected chi connectivity index (χ3v) is 6.21. The second kappa shape index (κ2) is 8.30. The van der Waals surface area contributed by atoms with Gasteiger partial charge in [0.25, 0.3) is 0 Å². The molecule has 0 bridgehead atoms. The van der Waals surface area contributed by atoms with E-state index in [-0.39, 0.29) is 11.5 Å². The molecule has 5 rings (SSSR count). The summed E-state index contributed by atoms with van der Waals surface area (Å²) in [6.07, 6.45) is 1.72. The topological polar surface area (TPSA) is 64.8 Å². The van der Waals surface area contributed by atoms with Gasteiger partial charge in [-0.25, -0.2) is 23.1 Å². The minimum absolute atomic E-state index is 0.0836. The molecule has 2 aromatic carbocycles. The number of halogens is 3. The van der Waals surface area contributed by atoms with Crippen molar-refractivity contribution in [1.29, 1.82) is 5.26 Å². The summed E-state index contributed by atoms with van der Waals surface area (Å²) < 4.78 is 42.3. The van der Waals surface area contributed by atoms with E-state index < -0.39 is 17.8 Å². The Morgan fingerprint density at radius 2 is 1.78 bits per heavy atom. The second-order valence-corrected chi connectivity index (χ2v) is 8.52. The lowest BCUT2D eigenvalue weighted by atomic mass is 9.88. The molecule has 1 N–H and O–H groups in total. The first kappa shape index (κ1) is 20.6. The van der Waals surface area contributed by atoms with Crippen LogP contribution in [0.4, 0.5) is 24.8 Å². The second-order valence-electron chi connectivity index (χ2n) is 8.52. The molecular formula is C24H22F3N5. The molecule has 2 fully saturated rings. The molecule has 1 aromatic heterocycles. The first-order valence-corrected chi connectivity index (χ1v) is 10.8. The molecule has 1 saturated heterocycles. The van der Waals surface area contributed by atoms with E-state index in [1.54, 1.807) is 18.2 Å². The Morgan fingerprint density at radius 1 is 1.00 bits per heavy atom. The number of aromatic nitrogens is 2. The molecule has 32 heavy (non-hydrogen) atoms. The van der Waals surface area contributed by atoms with E-state index in [0.29, 0.717) is 54.4 Å². The molecule has 1 unspecified atom stereocenters. The third-order valence-electron chi connectivity index (χ3n) is 6.21. The summed E-state index contributed by atoms with van der Waals surface area (Å²) in [6.45, 7) is 1.12. The monoisotopic (exact) mass is 437 g/mol. The van der Waals surface area contributed by atoms with Crippen molar-refractivity contribution in [2.24, 2.45) is 5.92 Å². The number of nitrogens with zero attached hydrogens (tertiary/aromatic N) is 4. The van der Waals surface area contributed by atoms with Crippen LogP contribution in [0.3, 0.4) is 0 Å². The number of fused-ring (bicyclic) bond motifs is 1. The van der Waals surface area contributed by atoms with E-state index in [2.05, 4.69) is 16.3 Å². The predicted octanol–water partition coefficient (Wildman–Crippen LogP) is 5.28. The normalized spacial score (nSPS) is 17.9. The van der Waals surface area contributed by atoms with Crippen molar-refractivity contribution in [1.82, 2.24) is 9.97 Å². The molecule has 2 aliphatic rings. The van der Waals surface area contributed by atoms with E-state index in [1.165, 1.54) is 6.07 Å². The minimum Gasteiger partial charge on any atom is -0.364 e. The fourth-order valence-corrected chi connectivity index (χ4v) is 4.24. The minimum atomic E-state index is -1.48. The number of nitriles is 1. The molecule has 1 aliphatic carbocycles.